The van der Waals surface area contributed by atoms with Crippen LogP contribution in [0.2, 0.25) is 0 Å². The van der Waals surface area contributed by atoms with Gasteiger partial charge < -0.3 is 9.84 Å². The molecule has 1 heterocycles. The van der Waals surface area contributed by atoms with Crippen LogP contribution in [0.5, 0.6) is 0 Å². The molecule has 0 amide bonds. The zero-order valence-corrected chi connectivity index (χ0v) is 9.20. The van der Waals surface area contributed by atoms with Crippen LogP contribution in [-0.4, -0.2) is 47.4 Å². The smallest absolute Gasteiger partial charge is 0.0695 e. The van der Waals surface area contributed by atoms with Gasteiger partial charge in [0.2, 0.25) is 0 Å². The maximum atomic E-state index is 9.89. The molecule has 0 bridgehead atoms. The third-order valence-corrected chi connectivity index (χ3v) is 3.55. The normalized spacial score (nSPS) is 38.8. The van der Waals surface area contributed by atoms with E-state index < -0.39 is 0 Å². The first-order chi connectivity index (χ1) is 6.61. The molecular formula is C11H21NO2. The number of hydrogen-bond donors (Lipinski definition) is 1. The van der Waals surface area contributed by atoms with E-state index in [4.69, 9.17) is 4.74 Å². The van der Waals surface area contributed by atoms with Gasteiger partial charge in [-0.2, -0.15) is 0 Å². The lowest BCUT2D eigenvalue weighted by Crippen LogP contribution is -2.58. The molecule has 14 heavy (non-hydrogen) atoms. The van der Waals surface area contributed by atoms with E-state index in [-0.39, 0.29) is 11.6 Å². The summed E-state index contributed by atoms with van der Waals surface area (Å²) < 4.78 is 5.49. The van der Waals surface area contributed by atoms with Crippen molar-refractivity contribution in [2.24, 2.45) is 0 Å². The van der Waals surface area contributed by atoms with Gasteiger partial charge in [-0.15, -0.1) is 0 Å². The summed E-state index contributed by atoms with van der Waals surface area (Å²) in [7, 11) is 0. The van der Waals surface area contributed by atoms with E-state index >= 15 is 0 Å². The fourth-order valence-corrected chi connectivity index (χ4v) is 2.77. The van der Waals surface area contributed by atoms with Crippen molar-refractivity contribution in [3.05, 3.63) is 0 Å². The number of nitrogens with zero attached hydrogens (tertiary/aromatic N) is 1. The maximum Gasteiger partial charge on any atom is 0.0695 e. The molecule has 0 aromatic heterocycles. The van der Waals surface area contributed by atoms with Crippen molar-refractivity contribution in [3.63, 3.8) is 0 Å². The fraction of sp³-hybridized carbons (Fsp3) is 1.00. The van der Waals surface area contributed by atoms with Gasteiger partial charge in [-0.1, -0.05) is 0 Å². The summed E-state index contributed by atoms with van der Waals surface area (Å²) in [6, 6.07) is 0.369. The Hall–Kier alpha value is -0.120. The van der Waals surface area contributed by atoms with E-state index in [0.717, 1.165) is 32.6 Å². The Labute approximate surface area is 86.0 Å². The zero-order chi connectivity index (χ0) is 10.2. The summed E-state index contributed by atoms with van der Waals surface area (Å²) in [6.45, 7) is 6.98. The minimum Gasteiger partial charge on any atom is -0.391 e. The average molecular weight is 199 g/mol. The molecule has 1 saturated carbocycles. The number of aliphatic hydroxyl groups is 1. The Kier molecular flexibility index (Phi) is 2.82. The summed E-state index contributed by atoms with van der Waals surface area (Å²) in [5, 5.41) is 9.89. The third-order valence-electron chi connectivity index (χ3n) is 3.55. The molecule has 2 atom stereocenters. The Morgan fingerprint density at radius 1 is 1.36 bits per heavy atom. The van der Waals surface area contributed by atoms with Crippen LogP contribution in [-0.2, 0) is 4.74 Å². The highest BCUT2D eigenvalue weighted by atomic mass is 16.5. The third kappa shape index (κ3) is 1.81. The average Bonchev–Trinajstić information content (AvgIpc) is 2.51. The second-order valence-corrected chi connectivity index (χ2v) is 5.12. The molecule has 1 N–H and O–H groups in total. The Bertz CT molecular complexity index is 205. The number of rotatable bonds is 1. The summed E-state index contributed by atoms with van der Waals surface area (Å²) in [6.07, 6.45) is 3.16. The van der Waals surface area contributed by atoms with Crippen LogP contribution in [0.4, 0.5) is 0 Å². The molecule has 0 radical (unpaired) electrons. The molecule has 3 heteroatoms. The van der Waals surface area contributed by atoms with Gasteiger partial charge in [0.15, 0.2) is 0 Å². The lowest BCUT2D eigenvalue weighted by molar-refractivity contribution is -0.0894. The van der Waals surface area contributed by atoms with Crippen LogP contribution in [0.3, 0.4) is 0 Å². The molecule has 2 rings (SSSR count). The lowest BCUT2D eigenvalue weighted by atomic mass is 9.98. The summed E-state index contributed by atoms with van der Waals surface area (Å²) in [4.78, 5) is 2.44. The zero-order valence-electron chi connectivity index (χ0n) is 9.20. The van der Waals surface area contributed by atoms with E-state index in [2.05, 4.69) is 18.7 Å². The van der Waals surface area contributed by atoms with Gasteiger partial charge in [0.05, 0.1) is 19.3 Å². The predicted octanol–water partition coefficient (Wildman–Crippen LogP) is 1.01. The molecule has 1 saturated heterocycles. The van der Waals surface area contributed by atoms with Gasteiger partial charge in [0.25, 0.3) is 0 Å². The van der Waals surface area contributed by atoms with E-state index in [1.807, 2.05) is 0 Å². The van der Waals surface area contributed by atoms with Crippen molar-refractivity contribution in [1.82, 2.24) is 4.90 Å². The molecule has 3 nitrogen and oxygen atoms in total. The second kappa shape index (κ2) is 3.80. The molecule has 0 spiro atoms. The molecule has 2 unspecified atom stereocenters. The van der Waals surface area contributed by atoms with Crippen LogP contribution in [0.15, 0.2) is 0 Å². The first-order valence-corrected chi connectivity index (χ1v) is 5.64. The predicted molar refractivity (Wildman–Crippen MR) is 55.2 cm³/mol. The second-order valence-electron chi connectivity index (χ2n) is 5.12. The molecular weight excluding hydrogens is 178 g/mol. The van der Waals surface area contributed by atoms with Gasteiger partial charge in [-0.25, -0.2) is 0 Å². The number of hydrogen-bond acceptors (Lipinski definition) is 3. The molecule has 0 aromatic rings. The van der Waals surface area contributed by atoms with Gasteiger partial charge in [-0.05, 0) is 33.1 Å². The van der Waals surface area contributed by atoms with E-state index in [1.54, 1.807) is 0 Å². The standard InChI is InChI=1S/C11H21NO2/c1-11(2)8-14-7-6-12(11)9-4-3-5-10(9)13/h9-10,13H,3-8H2,1-2H3. The maximum absolute atomic E-state index is 9.89. The van der Waals surface area contributed by atoms with E-state index in [9.17, 15) is 5.11 Å². The van der Waals surface area contributed by atoms with Crippen molar-refractivity contribution < 1.29 is 9.84 Å². The van der Waals surface area contributed by atoms with Crippen molar-refractivity contribution >= 4 is 0 Å². The number of aliphatic hydroxyl groups excluding tert-OH is 1. The molecule has 1 aliphatic heterocycles. The van der Waals surface area contributed by atoms with Crippen molar-refractivity contribution in [3.8, 4) is 0 Å². The minimum absolute atomic E-state index is 0.0915. The molecule has 1 aliphatic carbocycles. The molecule has 2 fully saturated rings. The van der Waals surface area contributed by atoms with Crippen LogP contribution in [0, 0.1) is 0 Å². The highest BCUT2D eigenvalue weighted by molar-refractivity contribution is 4.94. The first-order valence-electron chi connectivity index (χ1n) is 5.64. The largest absolute Gasteiger partial charge is 0.391 e. The minimum atomic E-state index is -0.118. The van der Waals surface area contributed by atoms with Crippen LogP contribution < -0.4 is 0 Å². The van der Waals surface area contributed by atoms with Crippen molar-refractivity contribution in [2.45, 2.75) is 50.8 Å². The molecule has 82 valence electrons. The van der Waals surface area contributed by atoms with E-state index in [1.165, 1.54) is 6.42 Å². The fourth-order valence-electron chi connectivity index (χ4n) is 2.77. The molecule has 2 aliphatic rings. The van der Waals surface area contributed by atoms with Crippen LogP contribution in [0.25, 0.3) is 0 Å². The van der Waals surface area contributed by atoms with Crippen molar-refractivity contribution in [2.75, 3.05) is 19.8 Å². The van der Waals surface area contributed by atoms with Gasteiger partial charge >= 0.3 is 0 Å². The van der Waals surface area contributed by atoms with Crippen molar-refractivity contribution in [1.29, 1.82) is 0 Å². The highest BCUT2D eigenvalue weighted by Gasteiger charge is 2.40. The Morgan fingerprint density at radius 2 is 2.14 bits per heavy atom. The quantitative estimate of drug-likeness (QED) is 0.684. The van der Waals surface area contributed by atoms with Crippen LogP contribution >= 0.6 is 0 Å². The van der Waals surface area contributed by atoms with E-state index in [0.29, 0.717) is 6.04 Å². The summed E-state index contributed by atoms with van der Waals surface area (Å²) >= 11 is 0. The number of ether oxygens (including phenoxy) is 1. The Balaban J connectivity index is 2.07. The van der Waals surface area contributed by atoms with Crippen LogP contribution in [0.1, 0.15) is 33.1 Å². The summed E-state index contributed by atoms with van der Waals surface area (Å²) in [5.74, 6) is 0. The van der Waals surface area contributed by atoms with Gasteiger partial charge in [0, 0.05) is 18.1 Å². The summed E-state index contributed by atoms with van der Waals surface area (Å²) in [5.41, 5.74) is 0.0915. The SMILES string of the molecule is CC1(C)COCCN1C1CCCC1O. The van der Waals surface area contributed by atoms with Gasteiger partial charge in [-0.3, -0.25) is 4.90 Å². The van der Waals surface area contributed by atoms with Gasteiger partial charge in [0.1, 0.15) is 0 Å². The molecule has 0 aromatic carbocycles. The Morgan fingerprint density at radius 3 is 2.71 bits per heavy atom. The topological polar surface area (TPSA) is 32.7 Å². The monoisotopic (exact) mass is 199 g/mol. The number of morpholine rings is 1. The highest BCUT2D eigenvalue weighted by Crippen LogP contribution is 2.31. The first kappa shape index (κ1) is 10.4. The lowest BCUT2D eigenvalue weighted by Gasteiger charge is -2.46.